The van der Waals surface area contributed by atoms with E-state index in [1.54, 1.807) is 0 Å². The van der Waals surface area contributed by atoms with Gasteiger partial charge in [-0.2, -0.15) is 0 Å². The molecule has 1 fully saturated rings. The predicted molar refractivity (Wildman–Crippen MR) is 228 cm³/mol. The summed E-state index contributed by atoms with van der Waals surface area (Å²) in [5, 5.41) is 40.1. The van der Waals surface area contributed by atoms with Gasteiger partial charge >= 0.3 is 5.97 Å². The summed E-state index contributed by atoms with van der Waals surface area (Å²) in [7, 11) is 0. The number of allylic oxidation sites excluding steroid dienone is 8. The van der Waals surface area contributed by atoms with Crippen LogP contribution in [-0.4, -0.2) is 89.6 Å². The quantitative estimate of drug-likeness (QED) is 0.0274. The third-order valence-corrected chi connectivity index (χ3v) is 10.2. The highest BCUT2D eigenvalue weighted by molar-refractivity contribution is 5.69. The summed E-state index contributed by atoms with van der Waals surface area (Å²) in [4.78, 5) is 12.7. The molecule has 56 heavy (non-hydrogen) atoms. The summed E-state index contributed by atoms with van der Waals surface area (Å²) in [5.74, 6) is -0.343. The van der Waals surface area contributed by atoms with Crippen molar-refractivity contribution in [1.82, 2.24) is 0 Å². The fourth-order valence-electron chi connectivity index (χ4n) is 6.68. The molecule has 1 aliphatic rings. The second-order valence-electron chi connectivity index (χ2n) is 15.5. The average Bonchev–Trinajstić information content (AvgIpc) is 3.20. The number of aliphatic hydroxyl groups excluding tert-OH is 4. The Kier molecular flexibility index (Phi) is 36.0. The van der Waals surface area contributed by atoms with Gasteiger partial charge in [-0.3, -0.25) is 4.79 Å². The molecule has 0 aromatic carbocycles. The Hall–Kier alpha value is -1.85. The van der Waals surface area contributed by atoms with Gasteiger partial charge in [0.15, 0.2) is 6.29 Å². The largest absolute Gasteiger partial charge is 0.457 e. The molecule has 0 amide bonds. The van der Waals surface area contributed by atoms with Crippen LogP contribution in [0.2, 0.25) is 0 Å². The smallest absolute Gasteiger partial charge is 0.306 e. The van der Waals surface area contributed by atoms with Crippen LogP contribution in [0.1, 0.15) is 181 Å². The number of ether oxygens (including phenoxy) is 4. The zero-order chi connectivity index (χ0) is 40.7. The monoisotopic (exact) mass is 793 g/mol. The van der Waals surface area contributed by atoms with Crippen LogP contribution in [0.5, 0.6) is 0 Å². The molecule has 1 rings (SSSR count). The molecular formula is C47H84O9. The normalized spacial score (nSPS) is 21.0. The number of aliphatic hydroxyl groups is 4. The summed E-state index contributed by atoms with van der Waals surface area (Å²) in [6.45, 7) is 4.40. The first-order chi connectivity index (χ1) is 27.4. The van der Waals surface area contributed by atoms with Gasteiger partial charge in [0, 0.05) is 13.0 Å². The fraction of sp³-hybridized carbons (Fsp3) is 0.809. The van der Waals surface area contributed by atoms with E-state index in [2.05, 4.69) is 62.5 Å². The molecule has 6 atom stereocenters. The Labute approximate surface area is 342 Å². The first-order valence-corrected chi connectivity index (χ1v) is 22.7. The number of carbonyl (C=O) groups excluding carboxylic acids is 1. The number of unbranched alkanes of at least 4 members (excludes halogenated alkanes) is 19. The van der Waals surface area contributed by atoms with E-state index in [9.17, 15) is 25.2 Å². The molecule has 1 saturated heterocycles. The third-order valence-electron chi connectivity index (χ3n) is 10.2. The summed E-state index contributed by atoms with van der Waals surface area (Å²) in [6, 6.07) is 0. The molecule has 0 radical (unpaired) electrons. The van der Waals surface area contributed by atoms with Crippen molar-refractivity contribution in [3.05, 3.63) is 48.6 Å². The molecule has 0 aromatic rings. The number of hydrogen-bond acceptors (Lipinski definition) is 9. The van der Waals surface area contributed by atoms with E-state index < -0.39 is 43.4 Å². The maximum atomic E-state index is 12.7. The number of carbonyl (C=O) groups is 1. The highest BCUT2D eigenvalue weighted by Crippen LogP contribution is 2.22. The summed E-state index contributed by atoms with van der Waals surface area (Å²) in [5.41, 5.74) is 0. The van der Waals surface area contributed by atoms with Gasteiger partial charge in [-0.25, -0.2) is 0 Å². The maximum Gasteiger partial charge on any atom is 0.306 e. The average molecular weight is 793 g/mol. The molecule has 1 heterocycles. The van der Waals surface area contributed by atoms with E-state index in [0.29, 0.717) is 13.0 Å². The van der Waals surface area contributed by atoms with Crippen molar-refractivity contribution >= 4 is 5.97 Å². The molecule has 9 heteroatoms. The Bertz CT molecular complexity index is 994. The van der Waals surface area contributed by atoms with Gasteiger partial charge in [0.1, 0.15) is 30.5 Å². The van der Waals surface area contributed by atoms with Crippen LogP contribution in [0.4, 0.5) is 0 Å². The second-order valence-corrected chi connectivity index (χ2v) is 15.5. The Morgan fingerprint density at radius 2 is 1.09 bits per heavy atom. The Morgan fingerprint density at radius 3 is 1.66 bits per heavy atom. The predicted octanol–water partition coefficient (Wildman–Crippen LogP) is 10.1. The van der Waals surface area contributed by atoms with Crippen LogP contribution in [0.25, 0.3) is 0 Å². The molecule has 9 nitrogen and oxygen atoms in total. The van der Waals surface area contributed by atoms with E-state index in [0.717, 1.165) is 51.4 Å². The highest BCUT2D eigenvalue weighted by Gasteiger charge is 2.44. The van der Waals surface area contributed by atoms with E-state index in [1.165, 1.54) is 103 Å². The zero-order valence-corrected chi connectivity index (χ0v) is 35.6. The lowest BCUT2D eigenvalue weighted by atomic mass is 9.99. The van der Waals surface area contributed by atoms with Crippen molar-refractivity contribution in [2.45, 2.75) is 218 Å². The minimum Gasteiger partial charge on any atom is -0.457 e. The number of hydrogen-bond donors (Lipinski definition) is 4. The first-order valence-electron chi connectivity index (χ1n) is 22.7. The topological polar surface area (TPSA) is 135 Å². The minimum atomic E-state index is -1.54. The molecule has 0 saturated carbocycles. The number of esters is 1. The molecule has 0 aromatic heterocycles. The van der Waals surface area contributed by atoms with Crippen LogP contribution in [0, 0.1) is 0 Å². The van der Waals surface area contributed by atoms with E-state index in [-0.39, 0.29) is 25.6 Å². The molecule has 0 spiro atoms. The van der Waals surface area contributed by atoms with Gasteiger partial charge < -0.3 is 39.4 Å². The molecule has 1 aliphatic heterocycles. The van der Waals surface area contributed by atoms with E-state index in [4.69, 9.17) is 18.9 Å². The second kappa shape index (κ2) is 38.7. The number of rotatable bonds is 38. The molecular weight excluding hydrogens is 709 g/mol. The van der Waals surface area contributed by atoms with E-state index in [1.807, 2.05) is 0 Å². The van der Waals surface area contributed by atoms with Crippen LogP contribution in [0.15, 0.2) is 48.6 Å². The first kappa shape index (κ1) is 52.2. The summed E-state index contributed by atoms with van der Waals surface area (Å²) < 4.78 is 22.8. The van der Waals surface area contributed by atoms with Crippen LogP contribution in [-0.2, 0) is 23.7 Å². The molecule has 6 unspecified atom stereocenters. The van der Waals surface area contributed by atoms with Crippen molar-refractivity contribution in [3.63, 3.8) is 0 Å². The summed E-state index contributed by atoms with van der Waals surface area (Å²) in [6.07, 6.45) is 40.0. The Morgan fingerprint density at radius 1 is 0.589 bits per heavy atom. The lowest BCUT2D eigenvalue weighted by molar-refractivity contribution is -0.305. The van der Waals surface area contributed by atoms with Crippen LogP contribution < -0.4 is 0 Å². The lowest BCUT2D eigenvalue weighted by Gasteiger charge is -2.39. The van der Waals surface area contributed by atoms with Gasteiger partial charge in [0.2, 0.25) is 0 Å². The third kappa shape index (κ3) is 29.4. The molecule has 326 valence electrons. The van der Waals surface area contributed by atoms with Crippen LogP contribution in [0.3, 0.4) is 0 Å². The van der Waals surface area contributed by atoms with Crippen LogP contribution >= 0.6 is 0 Å². The molecule has 0 bridgehead atoms. The Balaban J connectivity index is 2.25. The van der Waals surface area contributed by atoms with Crippen molar-refractivity contribution in [2.24, 2.45) is 0 Å². The van der Waals surface area contributed by atoms with Gasteiger partial charge in [0.05, 0.1) is 19.8 Å². The van der Waals surface area contributed by atoms with Gasteiger partial charge in [0.25, 0.3) is 0 Å². The van der Waals surface area contributed by atoms with Crippen molar-refractivity contribution < 1.29 is 44.2 Å². The fourth-order valence-corrected chi connectivity index (χ4v) is 6.68. The van der Waals surface area contributed by atoms with Crippen molar-refractivity contribution in [1.29, 1.82) is 0 Å². The van der Waals surface area contributed by atoms with E-state index >= 15 is 0 Å². The molecule has 4 N–H and O–H groups in total. The minimum absolute atomic E-state index is 0.126. The van der Waals surface area contributed by atoms with Gasteiger partial charge in [-0.1, -0.05) is 152 Å². The summed E-state index contributed by atoms with van der Waals surface area (Å²) >= 11 is 0. The zero-order valence-electron chi connectivity index (χ0n) is 35.6. The van der Waals surface area contributed by atoms with Crippen molar-refractivity contribution in [3.8, 4) is 0 Å². The van der Waals surface area contributed by atoms with Crippen molar-refractivity contribution in [2.75, 3.05) is 26.4 Å². The van der Waals surface area contributed by atoms with Gasteiger partial charge in [-0.15, -0.1) is 0 Å². The highest BCUT2D eigenvalue weighted by atomic mass is 16.7. The lowest BCUT2D eigenvalue weighted by Crippen LogP contribution is -2.59. The maximum absolute atomic E-state index is 12.7. The van der Waals surface area contributed by atoms with Gasteiger partial charge in [-0.05, 0) is 70.6 Å². The standard InChI is InChI=1S/C47H84O9/c1-3-5-7-9-11-13-15-17-18-19-20-21-22-23-25-27-29-31-33-35-37-53-39-41(40-54-47-46(52)45(51)44(50)42(38-48)56-47)55-43(49)36-34-32-30-28-26-24-16-14-12-10-8-6-4-2/h6,8,12,14,17-18,24,26,41-42,44-48,50-52H,3-5,7,9-11,13,15-16,19-23,25,27-40H2,1-2H3/b8-6-,14-12-,18-17-,26-24-. The SMILES string of the molecule is CC/C=C\C/C=C\C/C=C\CCCCCC(=O)OC(COCCCCCCCCCCCC/C=C\CCCCCCCC)COC1OC(CO)C(O)C(O)C1O. The molecule has 0 aliphatic carbocycles.